The van der Waals surface area contributed by atoms with Crippen LogP contribution in [0.25, 0.3) is 0 Å². The normalized spacial score (nSPS) is 18.1. The highest BCUT2D eigenvalue weighted by Crippen LogP contribution is 2.40. The van der Waals surface area contributed by atoms with Crippen molar-refractivity contribution >= 4 is 5.91 Å². The summed E-state index contributed by atoms with van der Waals surface area (Å²) in [6.07, 6.45) is 2.28. The molecule has 2 aromatic rings. The Morgan fingerprint density at radius 3 is 2.88 bits per heavy atom. The number of carbonyl (C=O) groups excluding carboxylic acids is 1. The van der Waals surface area contributed by atoms with Crippen molar-refractivity contribution in [2.45, 2.75) is 45.4 Å². The number of hydrogen-bond acceptors (Lipinski definition) is 4. The van der Waals surface area contributed by atoms with Crippen LogP contribution in [0.3, 0.4) is 0 Å². The lowest BCUT2D eigenvalue weighted by molar-refractivity contribution is 0.0705. The molecule has 2 aromatic heterocycles. The largest absolute Gasteiger partial charge is 0.386 e. The predicted molar refractivity (Wildman–Crippen MR) is 91.1 cm³/mol. The SMILES string of the molecule is CCc1cc(C(=O)N2CCn3nc(C(O)C4CC4)cc3C2)cc(=O)[nH]1. The van der Waals surface area contributed by atoms with Gasteiger partial charge in [0.05, 0.1) is 24.5 Å². The molecule has 1 fully saturated rings. The molecule has 2 N–H and O–H groups in total. The molecule has 1 aliphatic heterocycles. The Labute approximate surface area is 145 Å². The second-order valence-electron chi connectivity index (χ2n) is 6.90. The van der Waals surface area contributed by atoms with E-state index in [1.807, 2.05) is 17.7 Å². The molecule has 1 unspecified atom stereocenters. The van der Waals surface area contributed by atoms with Gasteiger partial charge in [0.25, 0.3) is 5.91 Å². The van der Waals surface area contributed by atoms with Crippen LogP contribution in [0.4, 0.5) is 0 Å². The minimum atomic E-state index is -0.498. The summed E-state index contributed by atoms with van der Waals surface area (Å²) in [7, 11) is 0. The number of carbonyl (C=O) groups is 1. The lowest BCUT2D eigenvalue weighted by Crippen LogP contribution is -2.38. The van der Waals surface area contributed by atoms with E-state index >= 15 is 0 Å². The van der Waals surface area contributed by atoms with Crippen LogP contribution >= 0.6 is 0 Å². The van der Waals surface area contributed by atoms with Crippen LogP contribution in [0.5, 0.6) is 0 Å². The Hall–Kier alpha value is -2.41. The summed E-state index contributed by atoms with van der Waals surface area (Å²) in [5.74, 6) is 0.190. The number of aliphatic hydroxyl groups is 1. The van der Waals surface area contributed by atoms with Crippen molar-refractivity contribution < 1.29 is 9.90 Å². The number of aliphatic hydroxyl groups excluding tert-OH is 1. The van der Waals surface area contributed by atoms with Crippen LogP contribution < -0.4 is 5.56 Å². The topological polar surface area (TPSA) is 91.2 Å². The van der Waals surface area contributed by atoms with Crippen molar-refractivity contribution in [3.05, 3.63) is 51.2 Å². The zero-order valence-corrected chi connectivity index (χ0v) is 14.2. The average molecular weight is 342 g/mol. The summed E-state index contributed by atoms with van der Waals surface area (Å²) in [6.45, 7) is 3.52. The summed E-state index contributed by atoms with van der Waals surface area (Å²) in [6, 6.07) is 5.01. The molecule has 0 radical (unpaired) electrons. The third-order valence-corrected chi connectivity index (χ3v) is 5.00. The molecule has 1 saturated carbocycles. The molecule has 1 aliphatic carbocycles. The first-order valence-corrected chi connectivity index (χ1v) is 8.82. The Morgan fingerprint density at radius 2 is 2.16 bits per heavy atom. The number of aromatic nitrogens is 3. The number of aromatic amines is 1. The summed E-state index contributed by atoms with van der Waals surface area (Å²) >= 11 is 0. The number of rotatable bonds is 4. The molecule has 1 atom stereocenters. The van der Waals surface area contributed by atoms with E-state index < -0.39 is 6.10 Å². The maximum atomic E-state index is 12.8. The van der Waals surface area contributed by atoms with Crippen molar-refractivity contribution in [1.29, 1.82) is 0 Å². The number of hydrogen-bond donors (Lipinski definition) is 2. The van der Waals surface area contributed by atoms with E-state index in [-0.39, 0.29) is 11.5 Å². The van der Waals surface area contributed by atoms with Gasteiger partial charge in [0.2, 0.25) is 5.56 Å². The minimum Gasteiger partial charge on any atom is -0.386 e. The number of fused-ring (bicyclic) bond motifs is 1. The monoisotopic (exact) mass is 342 g/mol. The molecule has 0 bridgehead atoms. The second-order valence-corrected chi connectivity index (χ2v) is 6.90. The number of H-pyrrole nitrogens is 1. The fraction of sp³-hybridized carbons (Fsp3) is 0.500. The predicted octanol–water partition coefficient (Wildman–Crippen LogP) is 1.23. The lowest BCUT2D eigenvalue weighted by atomic mass is 10.1. The van der Waals surface area contributed by atoms with Crippen LogP contribution in [-0.4, -0.2) is 37.2 Å². The standard InChI is InChI=1S/C18H22N4O3/c1-2-13-7-12(8-16(23)19-13)18(25)21-5-6-22-14(10-21)9-15(20-22)17(24)11-3-4-11/h7-9,11,17,24H,2-6,10H2,1H3,(H,19,23). The van der Waals surface area contributed by atoms with Crippen molar-refractivity contribution in [2.75, 3.05) is 6.54 Å². The van der Waals surface area contributed by atoms with E-state index in [1.54, 1.807) is 11.0 Å². The van der Waals surface area contributed by atoms with Crippen LogP contribution in [0.2, 0.25) is 0 Å². The Morgan fingerprint density at radius 1 is 1.36 bits per heavy atom. The van der Waals surface area contributed by atoms with Crippen LogP contribution in [-0.2, 0) is 19.5 Å². The van der Waals surface area contributed by atoms with Gasteiger partial charge in [0.1, 0.15) is 6.10 Å². The molecule has 0 aromatic carbocycles. The van der Waals surface area contributed by atoms with Gasteiger partial charge >= 0.3 is 0 Å². The van der Waals surface area contributed by atoms with E-state index in [1.165, 1.54) is 6.07 Å². The number of nitrogens with one attached hydrogen (secondary N) is 1. The molecular formula is C18H22N4O3. The van der Waals surface area contributed by atoms with Crippen LogP contribution in [0, 0.1) is 5.92 Å². The van der Waals surface area contributed by atoms with E-state index in [9.17, 15) is 14.7 Å². The van der Waals surface area contributed by atoms with Gasteiger partial charge in [-0.1, -0.05) is 6.92 Å². The maximum Gasteiger partial charge on any atom is 0.254 e. The zero-order valence-electron chi connectivity index (χ0n) is 14.2. The van der Waals surface area contributed by atoms with Gasteiger partial charge in [-0.2, -0.15) is 5.10 Å². The number of aryl methyl sites for hydroxylation is 1. The molecule has 0 saturated heterocycles. The zero-order chi connectivity index (χ0) is 17.6. The molecule has 7 heteroatoms. The van der Waals surface area contributed by atoms with Crippen LogP contribution in [0.1, 0.15) is 53.3 Å². The highest BCUT2D eigenvalue weighted by atomic mass is 16.3. The average Bonchev–Trinajstić information content (AvgIpc) is 3.38. The molecule has 1 amide bonds. The molecule has 0 spiro atoms. The smallest absolute Gasteiger partial charge is 0.254 e. The van der Waals surface area contributed by atoms with Gasteiger partial charge in [0.15, 0.2) is 0 Å². The third-order valence-electron chi connectivity index (χ3n) is 5.00. The highest BCUT2D eigenvalue weighted by molar-refractivity contribution is 5.94. The first-order valence-electron chi connectivity index (χ1n) is 8.82. The van der Waals surface area contributed by atoms with E-state index in [0.29, 0.717) is 43.2 Å². The van der Waals surface area contributed by atoms with Gasteiger partial charge in [0, 0.05) is 23.9 Å². The van der Waals surface area contributed by atoms with E-state index in [4.69, 9.17) is 0 Å². The maximum absolute atomic E-state index is 12.8. The first-order chi connectivity index (χ1) is 12.0. The fourth-order valence-corrected chi connectivity index (χ4v) is 3.36. The third kappa shape index (κ3) is 3.11. The molecule has 25 heavy (non-hydrogen) atoms. The fourth-order valence-electron chi connectivity index (χ4n) is 3.36. The number of amides is 1. The molecule has 7 nitrogen and oxygen atoms in total. The Balaban J connectivity index is 1.54. The Kier molecular flexibility index (Phi) is 3.95. The first kappa shape index (κ1) is 16.1. The number of nitrogens with zero attached hydrogens (tertiary/aromatic N) is 3. The molecule has 4 rings (SSSR count). The second kappa shape index (κ2) is 6.15. The molecular weight excluding hydrogens is 320 g/mol. The molecule has 3 heterocycles. The Bertz CT molecular complexity index is 865. The number of pyridine rings is 1. The minimum absolute atomic E-state index is 0.141. The van der Waals surface area contributed by atoms with Gasteiger partial charge < -0.3 is 15.0 Å². The van der Waals surface area contributed by atoms with Crippen molar-refractivity contribution in [1.82, 2.24) is 19.7 Å². The summed E-state index contributed by atoms with van der Waals surface area (Å²) in [4.78, 5) is 29.0. The summed E-state index contributed by atoms with van der Waals surface area (Å²) < 4.78 is 1.87. The van der Waals surface area contributed by atoms with Gasteiger partial charge in [-0.3, -0.25) is 14.3 Å². The lowest BCUT2D eigenvalue weighted by Gasteiger charge is -2.27. The molecule has 2 aliphatic rings. The molecule has 132 valence electrons. The van der Waals surface area contributed by atoms with Crippen molar-refractivity contribution in [3.8, 4) is 0 Å². The highest BCUT2D eigenvalue weighted by Gasteiger charge is 2.33. The summed E-state index contributed by atoms with van der Waals surface area (Å²) in [5, 5.41) is 14.7. The van der Waals surface area contributed by atoms with E-state index in [0.717, 1.165) is 24.2 Å². The van der Waals surface area contributed by atoms with Crippen LogP contribution in [0.15, 0.2) is 23.0 Å². The van der Waals surface area contributed by atoms with Crippen molar-refractivity contribution in [3.63, 3.8) is 0 Å². The van der Waals surface area contributed by atoms with Gasteiger partial charge in [-0.05, 0) is 37.3 Å². The van der Waals surface area contributed by atoms with Gasteiger partial charge in [-0.25, -0.2) is 0 Å². The van der Waals surface area contributed by atoms with Gasteiger partial charge in [-0.15, -0.1) is 0 Å². The van der Waals surface area contributed by atoms with E-state index in [2.05, 4.69) is 10.1 Å². The summed E-state index contributed by atoms with van der Waals surface area (Å²) in [5.41, 5.74) is 2.56. The quantitative estimate of drug-likeness (QED) is 0.874. The van der Waals surface area contributed by atoms with Crippen molar-refractivity contribution in [2.24, 2.45) is 5.92 Å².